The number of hydrogen-bond acceptors (Lipinski definition) is 4. The molecule has 1 aromatic carbocycles. The van der Waals surface area contributed by atoms with E-state index in [9.17, 15) is 0 Å². The Balaban J connectivity index is 2.18. The molecule has 0 aliphatic carbocycles. The molecule has 0 amide bonds. The molecule has 2 N–H and O–H groups in total. The third-order valence-corrected chi connectivity index (χ3v) is 2.23. The molecule has 0 saturated carbocycles. The predicted octanol–water partition coefficient (Wildman–Crippen LogP) is 2.22. The highest BCUT2D eigenvalue weighted by molar-refractivity contribution is 5.39. The summed E-state index contributed by atoms with van der Waals surface area (Å²) in [6.07, 6.45) is 0.828. The van der Waals surface area contributed by atoms with Crippen molar-refractivity contribution in [3.8, 4) is 11.5 Å². The maximum absolute atomic E-state index is 5.81. The van der Waals surface area contributed by atoms with Crippen molar-refractivity contribution in [3.63, 3.8) is 0 Å². The van der Waals surface area contributed by atoms with Crippen molar-refractivity contribution in [2.24, 2.45) is 5.73 Å². The lowest BCUT2D eigenvalue weighted by atomic mass is 10.1. The summed E-state index contributed by atoms with van der Waals surface area (Å²) in [7, 11) is 1.63. The van der Waals surface area contributed by atoms with Gasteiger partial charge in [-0.15, -0.1) is 0 Å². The van der Waals surface area contributed by atoms with Gasteiger partial charge >= 0.3 is 0 Å². The highest BCUT2D eigenvalue weighted by Crippen LogP contribution is 2.25. The average molecular weight is 253 g/mol. The van der Waals surface area contributed by atoms with Crippen LogP contribution in [0.25, 0.3) is 0 Å². The Morgan fingerprint density at radius 1 is 1.11 bits per heavy atom. The minimum absolute atomic E-state index is 0.274. The van der Waals surface area contributed by atoms with E-state index in [1.54, 1.807) is 7.11 Å². The summed E-state index contributed by atoms with van der Waals surface area (Å²) in [6.45, 7) is 5.69. The zero-order valence-corrected chi connectivity index (χ0v) is 11.4. The van der Waals surface area contributed by atoms with Crippen molar-refractivity contribution >= 4 is 0 Å². The molecule has 0 unspecified atom stereocenters. The zero-order chi connectivity index (χ0) is 13.4. The molecule has 18 heavy (non-hydrogen) atoms. The maximum Gasteiger partial charge on any atom is 0.161 e. The monoisotopic (exact) mass is 253 g/mol. The Morgan fingerprint density at radius 2 is 1.78 bits per heavy atom. The molecule has 0 radical (unpaired) electrons. The van der Waals surface area contributed by atoms with E-state index >= 15 is 0 Å². The minimum atomic E-state index is -0.274. The Labute approximate surface area is 109 Å². The van der Waals surface area contributed by atoms with Gasteiger partial charge in [0.15, 0.2) is 11.5 Å². The number of para-hydroxylation sites is 2. The first-order valence-electron chi connectivity index (χ1n) is 6.15. The molecule has 0 bridgehead atoms. The first-order valence-corrected chi connectivity index (χ1v) is 6.15. The van der Waals surface area contributed by atoms with Crippen LogP contribution in [0.3, 0.4) is 0 Å². The molecule has 0 aliphatic heterocycles. The molecule has 4 heteroatoms. The van der Waals surface area contributed by atoms with Gasteiger partial charge < -0.3 is 19.9 Å². The standard InChI is InChI=1S/C14H23NO3/c1-14(2,15)11-17-9-6-10-18-13-8-5-4-7-12(13)16-3/h4-5,7-8H,6,9-11,15H2,1-3H3. The van der Waals surface area contributed by atoms with Crippen molar-refractivity contribution in [3.05, 3.63) is 24.3 Å². The molecule has 1 aromatic rings. The van der Waals surface area contributed by atoms with E-state index in [0.29, 0.717) is 19.8 Å². The van der Waals surface area contributed by atoms with E-state index < -0.39 is 0 Å². The lowest BCUT2D eigenvalue weighted by molar-refractivity contribution is 0.0868. The fourth-order valence-corrected chi connectivity index (χ4v) is 1.42. The van der Waals surface area contributed by atoms with E-state index in [0.717, 1.165) is 17.9 Å². The minimum Gasteiger partial charge on any atom is -0.493 e. The smallest absolute Gasteiger partial charge is 0.161 e. The van der Waals surface area contributed by atoms with E-state index in [1.807, 2.05) is 38.1 Å². The molecule has 0 atom stereocenters. The predicted molar refractivity (Wildman–Crippen MR) is 72.2 cm³/mol. The fraction of sp³-hybridized carbons (Fsp3) is 0.571. The Morgan fingerprint density at radius 3 is 2.39 bits per heavy atom. The fourth-order valence-electron chi connectivity index (χ4n) is 1.42. The summed E-state index contributed by atoms with van der Waals surface area (Å²) < 4.78 is 16.3. The first-order chi connectivity index (χ1) is 8.53. The van der Waals surface area contributed by atoms with Gasteiger partial charge in [-0.2, -0.15) is 0 Å². The van der Waals surface area contributed by atoms with Crippen LogP contribution in [0, 0.1) is 0 Å². The number of methoxy groups -OCH3 is 1. The van der Waals surface area contributed by atoms with E-state index in [2.05, 4.69) is 0 Å². The summed E-state index contributed by atoms with van der Waals surface area (Å²) >= 11 is 0. The Bertz CT molecular complexity index is 347. The summed E-state index contributed by atoms with van der Waals surface area (Å²) in [5.41, 5.74) is 5.53. The van der Waals surface area contributed by atoms with Gasteiger partial charge in [0.1, 0.15) is 0 Å². The van der Waals surface area contributed by atoms with E-state index in [4.69, 9.17) is 19.9 Å². The van der Waals surface area contributed by atoms with Crippen LogP contribution in [0.4, 0.5) is 0 Å². The number of nitrogens with two attached hydrogens (primary N) is 1. The second-order valence-corrected chi connectivity index (χ2v) is 4.89. The molecule has 0 saturated heterocycles. The van der Waals surface area contributed by atoms with Crippen LogP contribution in [0.15, 0.2) is 24.3 Å². The van der Waals surface area contributed by atoms with Crippen LogP contribution in [0.5, 0.6) is 11.5 Å². The molecule has 102 valence electrons. The van der Waals surface area contributed by atoms with Crippen molar-refractivity contribution in [2.45, 2.75) is 25.8 Å². The van der Waals surface area contributed by atoms with Gasteiger partial charge in [0.25, 0.3) is 0 Å². The number of hydrogen-bond donors (Lipinski definition) is 1. The van der Waals surface area contributed by atoms with Gasteiger partial charge in [0.2, 0.25) is 0 Å². The molecular formula is C14H23NO3. The molecule has 0 heterocycles. The summed E-state index contributed by atoms with van der Waals surface area (Å²) in [5.74, 6) is 1.51. The Hall–Kier alpha value is -1.26. The third kappa shape index (κ3) is 5.89. The second-order valence-electron chi connectivity index (χ2n) is 4.89. The van der Waals surface area contributed by atoms with Gasteiger partial charge in [-0.3, -0.25) is 0 Å². The molecule has 0 fully saturated rings. The first kappa shape index (κ1) is 14.8. The van der Waals surface area contributed by atoms with Crippen molar-refractivity contribution in [2.75, 3.05) is 26.9 Å². The molecule has 0 aliphatic rings. The van der Waals surface area contributed by atoms with Crippen LogP contribution < -0.4 is 15.2 Å². The van der Waals surface area contributed by atoms with Crippen LogP contribution in [0.2, 0.25) is 0 Å². The zero-order valence-electron chi connectivity index (χ0n) is 11.4. The average Bonchev–Trinajstić information content (AvgIpc) is 2.32. The third-order valence-electron chi connectivity index (χ3n) is 2.23. The van der Waals surface area contributed by atoms with Crippen molar-refractivity contribution in [1.82, 2.24) is 0 Å². The van der Waals surface area contributed by atoms with E-state index in [1.165, 1.54) is 0 Å². The van der Waals surface area contributed by atoms with E-state index in [-0.39, 0.29) is 5.54 Å². The highest BCUT2D eigenvalue weighted by atomic mass is 16.5. The van der Waals surface area contributed by atoms with Gasteiger partial charge in [-0.05, 0) is 26.0 Å². The number of benzene rings is 1. The number of ether oxygens (including phenoxy) is 3. The van der Waals surface area contributed by atoms with Crippen molar-refractivity contribution < 1.29 is 14.2 Å². The van der Waals surface area contributed by atoms with Crippen LogP contribution in [-0.4, -0.2) is 32.5 Å². The van der Waals surface area contributed by atoms with Gasteiger partial charge in [0.05, 0.1) is 20.3 Å². The quantitative estimate of drug-likeness (QED) is 0.722. The summed E-state index contributed by atoms with van der Waals surface area (Å²) in [6, 6.07) is 7.61. The maximum atomic E-state index is 5.81. The Kier molecular flexibility index (Phi) is 5.95. The van der Waals surface area contributed by atoms with Gasteiger partial charge in [0, 0.05) is 18.6 Å². The molecule has 0 spiro atoms. The lowest BCUT2D eigenvalue weighted by Crippen LogP contribution is -2.37. The summed E-state index contributed by atoms with van der Waals surface area (Å²) in [5, 5.41) is 0. The van der Waals surface area contributed by atoms with Crippen molar-refractivity contribution in [1.29, 1.82) is 0 Å². The number of rotatable bonds is 8. The molecule has 4 nitrogen and oxygen atoms in total. The highest BCUT2D eigenvalue weighted by Gasteiger charge is 2.09. The topological polar surface area (TPSA) is 53.7 Å². The molecule has 0 aromatic heterocycles. The molecule has 1 rings (SSSR count). The normalized spacial score (nSPS) is 11.3. The van der Waals surface area contributed by atoms with Crippen LogP contribution in [0.1, 0.15) is 20.3 Å². The lowest BCUT2D eigenvalue weighted by Gasteiger charge is -2.18. The summed E-state index contributed by atoms with van der Waals surface area (Å²) in [4.78, 5) is 0. The second kappa shape index (κ2) is 7.24. The molecular weight excluding hydrogens is 230 g/mol. The largest absolute Gasteiger partial charge is 0.493 e. The van der Waals surface area contributed by atoms with Gasteiger partial charge in [-0.1, -0.05) is 12.1 Å². The van der Waals surface area contributed by atoms with Crippen LogP contribution >= 0.6 is 0 Å². The van der Waals surface area contributed by atoms with Gasteiger partial charge in [-0.25, -0.2) is 0 Å². The van der Waals surface area contributed by atoms with Crippen LogP contribution in [-0.2, 0) is 4.74 Å². The SMILES string of the molecule is COc1ccccc1OCCCOCC(C)(C)N.